The van der Waals surface area contributed by atoms with Gasteiger partial charge in [-0.2, -0.15) is 0 Å². The van der Waals surface area contributed by atoms with Crippen LogP contribution in [0.25, 0.3) is 0 Å². The van der Waals surface area contributed by atoms with Crippen LogP contribution in [-0.2, 0) is 23.0 Å². The highest BCUT2D eigenvalue weighted by Crippen LogP contribution is 2.15. The SMILES string of the molecule is Cc1ccc(S(=O)(=O)NCCc2cccnc2)cc1CN. The zero-order valence-electron chi connectivity index (χ0n) is 11.9. The first kappa shape index (κ1) is 15.6. The van der Waals surface area contributed by atoms with Gasteiger partial charge in [0.25, 0.3) is 0 Å². The summed E-state index contributed by atoms with van der Waals surface area (Å²) in [5, 5.41) is 0. The second-order valence-electron chi connectivity index (χ2n) is 4.80. The minimum absolute atomic E-state index is 0.250. The maximum absolute atomic E-state index is 12.2. The Kier molecular flexibility index (Phi) is 5.06. The Hall–Kier alpha value is -1.76. The molecule has 112 valence electrons. The van der Waals surface area contributed by atoms with Crippen LogP contribution in [0.3, 0.4) is 0 Å². The Bertz CT molecular complexity index is 700. The largest absolute Gasteiger partial charge is 0.326 e. The number of nitrogens with one attached hydrogen (secondary N) is 1. The first-order valence-corrected chi connectivity index (χ1v) is 8.19. The van der Waals surface area contributed by atoms with E-state index in [0.717, 1.165) is 16.7 Å². The van der Waals surface area contributed by atoms with E-state index in [1.54, 1.807) is 30.6 Å². The van der Waals surface area contributed by atoms with Crippen LogP contribution in [0.15, 0.2) is 47.6 Å². The van der Waals surface area contributed by atoms with E-state index < -0.39 is 10.0 Å². The highest BCUT2D eigenvalue weighted by atomic mass is 32.2. The molecule has 0 aliphatic carbocycles. The molecule has 0 atom stereocenters. The van der Waals surface area contributed by atoms with Crippen LogP contribution < -0.4 is 10.5 Å². The quantitative estimate of drug-likeness (QED) is 0.844. The van der Waals surface area contributed by atoms with Crippen molar-refractivity contribution >= 4 is 10.0 Å². The van der Waals surface area contributed by atoms with Gasteiger partial charge in [-0.15, -0.1) is 0 Å². The lowest BCUT2D eigenvalue weighted by molar-refractivity contribution is 0.581. The molecule has 1 heterocycles. The second kappa shape index (κ2) is 6.80. The molecule has 0 unspecified atom stereocenters. The number of hydrogen-bond donors (Lipinski definition) is 2. The van der Waals surface area contributed by atoms with Gasteiger partial charge >= 0.3 is 0 Å². The van der Waals surface area contributed by atoms with Gasteiger partial charge in [-0.3, -0.25) is 4.98 Å². The Labute approximate surface area is 125 Å². The molecule has 0 aliphatic heterocycles. The van der Waals surface area contributed by atoms with Crippen LogP contribution in [0.2, 0.25) is 0 Å². The lowest BCUT2D eigenvalue weighted by Crippen LogP contribution is -2.26. The zero-order valence-corrected chi connectivity index (χ0v) is 12.7. The van der Waals surface area contributed by atoms with E-state index >= 15 is 0 Å². The summed E-state index contributed by atoms with van der Waals surface area (Å²) in [5.41, 5.74) is 8.44. The topological polar surface area (TPSA) is 85.1 Å². The Morgan fingerprint density at radius 2 is 2.10 bits per heavy atom. The molecule has 2 rings (SSSR count). The molecule has 2 aromatic rings. The first-order valence-electron chi connectivity index (χ1n) is 6.71. The van der Waals surface area contributed by atoms with Crippen molar-refractivity contribution in [2.45, 2.75) is 24.8 Å². The number of sulfonamides is 1. The molecule has 0 aliphatic rings. The fourth-order valence-electron chi connectivity index (χ4n) is 1.99. The van der Waals surface area contributed by atoms with E-state index in [1.807, 2.05) is 19.1 Å². The van der Waals surface area contributed by atoms with Crippen LogP contribution in [0.5, 0.6) is 0 Å². The maximum atomic E-state index is 12.2. The number of aryl methyl sites for hydroxylation is 1. The lowest BCUT2D eigenvalue weighted by Gasteiger charge is -2.09. The monoisotopic (exact) mass is 305 g/mol. The number of nitrogens with zero attached hydrogens (tertiary/aromatic N) is 1. The fraction of sp³-hybridized carbons (Fsp3) is 0.267. The molecular formula is C15H19N3O2S. The van der Waals surface area contributed by atoms with Gasteiger partial charge in [0.1, 0.15) is 0 Å². The standard InChI is InChI=1S/C15H19N3O2S/c1-12-4-5-15(9-14(12)10-16)21(19,20)18-8-6-13-3-2-7-17-11-13/h2-5,7,9,11,18H,6,8,10,16H2,1H3. The summed E-state index contributed by atoms with van der Waals surface area (Å²) in [6, 6.07) is 8.75. The Morgan fingerprint density at radius 3 is 2.76 bits per heavy atom. The maximum Gasteiger partial charge on any atom is 0.240 e. The van der Waals surface area contributed by atoms with Crippen LogP contribution in [0.4, 0.5) is 0 Å². The first-order chi connectivity index (χ1) is 10.0. The van der Waals surface area contributed by atoms with Gasteiger partial charge in [0, 0.05) is 25.5 Å². The third-order valence-corrected chi connectivity index (χ3v) is 4.74. The third-order valence-electron chi connectivity index (χ3n) is 3.28. The normalized spacial score (nSPS) is 11.5. The van der Waals surface area contributed by atoms with Crippen molar-refractivity contribution in [3.8, 4) is 0 Å². The highest BCUT2D eigenvalue weighted by Gasteiger charge is 2.14. The average molecular weight is 305 g/mol. The van der Waals surface area contributed by atoms with E-state index in [-0.39, 0.29) is 4.90 Å². The van der Waals surface area contributed by atoms with Crippen molar-refractivity contribution in [3.05, 3.63) is 59.4 Å². The number of pyridine rings is 1. The van der Waals surface area contributed by atoms with Crippen molar-refractivity contribution in [1.82, 2.24) is 9.71 Å². The average Bonchev–Trinajstić information content (AvgIpc) is 2.48. The molecule has 0 fully saturated rings. The van der Waals surface area contributed by atoms with E-state index in [1.165, 1.54) is 0 Å². The van der Waals surface area contributed by atoms with Crippen molar-refractivity contribution in [3.63, 3.8) is 0 Å². The van der Waals surface area contributed by atoms with Gasteiger partial charge in [-0.25, -0.2) is 13.1 Å². The summed E-state index contributed by atoms with van der Waals surface area (Å²) in [7, 11) is -3.51. The van der Waals surface area contributed by atoms with Gasteiger partial charge in [-0.05, 0) is 48.2 Å². The zero-order chi connectivity index (χ0) is 15.3. The van der Waals surface area contributed by atoms with E-state index in [2.05, 4.69) is 9.71 Å². The molecule has 0 spiro atoms. The van der Waals surface area contributed by atoms with Crippen LogP contribution in [0.1, 0.15) is 16.7 Å². The minimum Gasteiger partial charge on any atom is -0.326 e. The summed E-state index contributed by atoms with van der Waals surface area (Å²) >= 11 is 0. The molecule has 3 N–H and O–H groups in total. The molecule has 0 saturated heterocycles. The van der Waals surface area contributed by atoms with Crippen molar-refractivity contribution in [2.75, 3.05) is 6.54 Å². The predicted octanol–water partition coefficient (Wildman–Crippen LogP) is 1.37. The smallest absolute Gasteiger partial charge is 0.240 e. The molecule has 0 amide bonds. The van der Waals surface area contributed by atoms with E-state index in [4.69, 9.17) is 5.73 Å². The second-order valence-corrected chi connectivity index (χ2v) is 6.57. The summed E-state index contributed by atoms with van der Waals surface area (Å²) in [6.07, 6.45) is 4.02. The van der Waals surface area contributed by atoms with Crippen LogP contribution >= 0.6 is 0 Å². The summed E-state index contributed by atoms with van der Waals surface area (Å²) in [6.45, 7) is 2.57. The summed E-state index contributed by atoms with van der Waals surface area (Å²) in [4.78, 5) is 4.25. The third kappa shape index (κ3) is 4.10. The molecular weight excluding hydrogens is 286 g/mol. The lowest BCUT2D eigenvalue weighted by atomic mass is 10.1. The molecule has 6 heteroatoms. The number of benzene rings is 1. The van der Waals surface area contributed by atoms with Crippen molar-refractivity contribution < 1.29 is 8.42 Å². The molecule has 1 aromatic carbocycles. The number of aromatic nitrogens is 1. The van der Waals surface area contributed by atoms with Gasteiger partial charge in [-0.1, -0.05) is 12.1 Å². The van der Waals surface area contributed by atoms with Crippen LogP contribution in [-0.4, -0.2) is 19.9 Å². The number of nitrogens with two attached hydrogens (primary N) is 1. The number of rotatable bonds is 6. The summed E-state index contributed by atoms with van der Waals surface area (Å²) < 4.78 is 27.1. The van der Waals surface area contributed by atoms with Gasteiger partial charge < -0.3 is 5.73 Å². The Balaban J connectivity index is 2.05. The van der Waals surface area contributed by atoms with Crippen molar-refractivity contribution in [1.29, 1.82) is 0 Å². The van der Waals surface area contributed by atoms with E-state index in [0.29, 0.717) is 19.5 Å². The molecule has 5 nitrogen and oxygen atoms in total. The Morgan fingerprint density at radius 1 is 1.29 bits per heavy atom. The molecule has 0 bridgehead atoms. The molecule has 1 aromatic heterocycles. The fourth-order valence-corrected chi connectivity index (χ4v) is 3.08. The van der Waals surface area contributed by atoms with E-state index in [9.17, 15) is 8.42 Å². The predicted molar refractivity (Wildman–Crippen MR) is 82.2 cm³/mol. The summed E-state index contributed by atoms with van der Waals surface area (Å²) in [5.74, 6) is 0. The molecule has 21 heavy (non-hydrogen) atoms. The molecule has 0 saturated carbocycles. The molecule has 0 radical (unpaired) electrons. The highest BCUT2D eigenvalue weighted by molar-refractivity contribution is 7.89. The van der Waals surface area contributed by atoms with Gasteiger partial charge in [0.05, 0.1) is 4.90 Å². The van der Waals surface area contributed by atoms with Gasteiger partial charge in [0.2, 0.25) is 10.0 Å². The minimum atomic E-state index is -3.51. The van der Waals surface area contributed by atoms with Gasteiger partial charge in [0.15, 0.2) is 0 Å². The van der Waals surface area contributed by atoms with Crippen LogP contribution in [0, 0.1) is 6.92 Å². The number of hydrogen-bond acceptors (Lipinski definition) is 4. The van der Waals surface area contributed by atoms with Crippen molar-refractivity contribution in [2.24, 2.45) is 5.73 Å².